The summed E-state index contributed by atoms with van der Waals surface area (Å²) in [5.74, 6) is -0.131. The summed E-state index contributed by atoms with van der Waals surface area (Å²) in [6.07, 6.45) is 0.420. The van der Waals surface area contributed by atoms with Crippen LogP contribution in [0.5, 0.6) is 5.75 Å². The summed E-state index contributed by atoms with van der Waals surface area (Å²) in [7, 11) is 1.46. The van der Waals surface area contributed by atoms with Gasteiger partial charge in [-0.1, -0.05) is 0 Å². The quantitative estimate of drug-likeness (QED) is 0.857. The van der Waals surface area contributed by atoms with Gasteiger partial charge < -0.3 is 10.1 Å². The molecule has 4 heteroatoms. The molecule has 1 heterocycles. The van der Waals surface area contributed by atoms with Crippen molar-refractivity contribution in [2.45, 2.75) is 25.1 Å². The van der Waals surface area contributed by atoms with Crippen LogP contribution in [-0.2, 0) is 0 Å². The molecule has 0 amide bonds. The van der Waals surface area contributed by atoms with Crippen LogP contribution < -0.4 is 10.1 Å². The molecule has 1 aliphatic heterocycles. The molecule has 1 fully saturated rings. The van der Waals surface area contributed by atoms with Gasteiger partial charge in [-0.05, 0) is 31.5 Å². The summed E-state index contributed by atoms with van der Waals surface area (Å²) < 4.78 is 32.5. The third-order valence-corrected chi connectivity index (χ3v) is 2.96. The lowest BCUT2D eigenvalue weighted by molar-refractivity contribution is 0.263. The topological polar surface area (TPSA) is 21.3 Å². The van der Waals surface area contributed by atoms with Crippen molar-refractivity contribution in [1.29, 1.82) is 0 Å². The monoisotopic (exact) mass is 227 g/mol. The highest BCUT2D eigenvalue weighted by Gasteiger charge is 2.27. The van der Waals surface area contributed by atoms with Crippen LogP contribution in [0.2, 0.25) is 0 Å². The second kappa shape index (κ2) is 4.78. The van der Waals surface area contributed by atoms with E-state index in [0.29, 0.717) is 5.75 Å². The lowest BCUT2D eigenvalue weighted by Gasteiger charge is -2.17. The van der Waals surface area contributed by atoms with E-state index < -0.39 is 12.0 Å². The standard InChI is InChI=1S/C12H15F2NO/c1-16-8-4-5-9(10(13)7-8)12(14)11-3-2-6-15-11/h4-5,7,11-12,15H,2-3,6H2,1H3. The Bertz CT molecular complexity index is 364. The summed E-state index contributed by atoms with van der Waals surface area (Å²) in [5.41, 5.74) is 0.111. The summed E-state index contributed by atoms with van der Waals surface area (Å²) in [4.78, 5) is 0. The number of nitrogens with one attached hydrogen (secondary N) is 1. The number of methoxy groups -OCH3 is 1. The minimum atomic E-state index is -1.28. The molecule has 0 bridgehead atoms. The van der Waals surface area contributed by atoms with Gasteiger partial charge in [0.2, 0.25) is 0 Å². The van der Waals surface area contributed by atoms with E-state index in [1.165, 1.54) is 19.2 Å². The van der Waals surface area contributed by atoms with Crippen LogP contribution in [-0.4, -0.2) is 19.7 Å². The van der Waals surface area contributed by atoms with Gasteiger partial charge in [0, 0.05) is 17.7 Å². The molecule has 2 atom stereocenters. The maximum atomic E-state index is 14.0. The maximum absolute atomic E-state index is 14.0. The summed E-state index contributed by atoms with van der Waals surface area (Å²) in [5, 5.41) is 3.04. The zero-order chi connectivity index (χ0) is 11.5. The van der Waals surface area contributed by atoms with Crippen LogP contribution in [0, 0.1) is 5.82 Å². The average Bonchev–Trinajstić information content (AvgIpc) is 2.81. The zero-order valence-electron chi connectivity index (χ0n) is 9.17. The first-order chi connectivity index (χ1) is 7.72. The highest BCUT2D eigenvalue weighted by molar-refractivity contribution is 5.31. The molecule has 0 aromatic heterocycles. The summed E-state index contributed by atoms with van der Waals surface area (Å²) in [6, 6.07) is 4.00. The van der Waals surface area contributed by atoms with E-state index >= 15 is 0 Å². The molecule has 1 saturated heterocycles. The number of rotatable bonds is 3. The van der Waals surface area contributed by atoms with Crippen LogP contribution >= 0.6 is 0 Å². The van der Waals surface area contributed by atoms with Crippen molar-refractivity contribution in [3.8, 4) is 5.75 Å². The van der Waals surface area contributed by atoms with Crippen molar-refractivity contribution in [3.63, 3.8) is 0 Å². The van der Waals surface area contributed by atoms with E-state index in [4.69, 9.17) is 4.74 Å². The van der Waals surface area contributed by atoms with Crippen molar-refractivity contribution < 1.29 is 13.5 Å². The molecule has 0 aliphatic carbocycles. The molecule has 0 spiro atoms. The Morgan fingerprint density at radius 1 is 1.50 bits per heavy atom. The highest BCUT2D eigenvalue weighted by Crippen LogP contribution is 2.30. The van der Waals surface area contributed by atoms with Gasteiger partial charge in [-0.15, -0.1) is 0 Å². The fourth-order valence-corrected chi connectivity index (χ4v) is 2.04. The largest absolute Gasteiger partial charge is 0.497 e. The van der Waals surface area contributed by atoms with E-state index in [9.17, 15) is 8.78 Å². The minimum Gasteiger partial charge on any atom is -0.497 e. The van der Waals surface area contributed by atoms with E-state index in [-0.39, 0.29) is 11.6 Å². The van der Waals surface area contributed by atoms with E-state index in [1.807, 2.05) is 0 Å². The summed E-state index contributed by atoms with van der Waals surface area (Å²) >= 11 is 0. The number of ether oxygens (including phenoxy) is 1. The Morgan fingerprint density at radius 3 is 2.88 bits per heavy atom. The Labute approximate surface area is 93.6 Å². The lowest BCUT2D eigenvalue weighted by atomic mass is 10.0. The first-order valence-electron chi connectivity index (χ1n) is 5.43. The van der Waals surface area contributed by atoms with Gasteiger partial charge in [0.25, 0.3) is 0 Å². The molecule has 0 radical (unpaired) electrons. The van der Waals surface area contributed by atoms with Gasteiger partial charge in [-0.3, -0.25) is 0 Å². The SMILES string of the molecule is COc1ccc(C(F)C2CCCN2)c(F)c1. The van der Waals surface area contributed by atoms with E-state index in [0.717, 1.165) is 19.4 Å². The predicted octanol–water partition coefficient (Wildman–Crippen LogP) is 2.60. The van der Waals surface area contributed by atoms with Gasteiger partial charge in [0.05, 0.1) is 7.11 Å². The molecular weight excluding hydrogens is 212 g/mol. The van der Waals surface area contributed by atoms with Crippen LogP contribution in [0.15, 0.2) is 18.2 Å². The number of hydrogen-bond acceptors (Lipinski definition) is 2. The fourth-order valence-electron chi connectivity index (χ4n) is 2.04. The minimum absolute atomic E-state index is 0.111. The van der Waals surface area contributed by atoms with Gasteiger partial charge >= 0.3 is 0 Å². The second-order valence-electron chi connectivity index (χ2n) is 3.99. The molecule has 1 aromatic carbocycles. The normalized spacial score (nSPS) is 22.1. The third kappa shape index (κ3) is 2.16. The van der Waals surface area contributed by atoms with Gasteiger partial charge in [-0.25, -0.2) is 8.78 Å². The molecule has 2 rings (SSSR count). The first kappa shape index (κ1) is 11.3. The molecular formula is C12H15F2NO. The van der Waals surface area contributed by atoms with Crippen molar-refractivity contribution in [3.05, 3.63) is 29.6 Å². The molecule has 1 aliphatic rings. The Hall–Kier alpha value is -1.16. The van der Waals surface area contributed by atoms with E-state index in [2.05, 4.69) is 5.32 Å². The molecule has 1 N–H and O–H groups in total. The first-order valence-corrected chi connectivity index (χ1v) is 5.43. The van der Waals surface area contributed by atoms with Gasteiger partial charge in [0.15, 0.2) is 0 Å². The average molecular weight is 227 g/mol. The predicted molar refractivity (Wildman–Crippen MR) is 57.8 cm³/mol. The van der Waals surface area contributed by atoms with Crippen molar-refractivity contribution in [1.82, 2.24) is 5.32 Å². The lowest BCUT2D eigenvalue weighted by Crippen LogP contribution is -2.27. The molecule has 88 valence electrons. The Kier molecular flexibility index (Phi) is 3.39. The van der Waals surface area contributed by atoms with E-state index in [1.54, 1.807) is 6.07 Å². The number of alkyl halides is 1. The molecule has 2 unspecified atom stereocenters. The number of benzene rings is 1. The second-order valence-corrected chi connectivity index (χ2v) is 3.99. The maximum Gasteiger partial charge on any atom is 0.143 e. The van der Waals surface area contributed by atoms with Gasteiger partial charge in [0.1, 0.15) is 17.7 Å². The zero-order valence-corrected chi connectivity index (χ0v) is 9.17. The third-order valence-electron chi connectivity index (χ3n) is 2.96. The van der Waals surface area contributed by atoms with Crippen molar-refractivity contribution >= 4 is 0 Å². The number of halogens is 2. The molecule has 1 aromatic rings. The van der Waals surface area contributed by atoms with Crippen LogP contribution in [0.25, 0.3) is 0 Å². The van der Waals surface area contributed by atoms with Crippen molar-refractivity contribution in [2.24, 2.45) is 0 Å². The molecule has 16 heavy (non-hydrogen) atoms. The van der Waals surface area contributed by atoms with Crippen molar-refractivity contribution in [2.75, 3.05) is 13.7 Å². The van der Waals surface area contributed by atoms with Gasteiger partial charge in [-0.2, -0.15) is 0 Å². The van der Waals surface area contributed by atoms with Crippen LogP contribution in [0.3, 0.4) is 0 Å². The summed E-state index contributed by atoms with van der Waals surface area (Å²) in [6.45, 7) is 0.808. The Morgan fingerprint density at radius 2 is 2.31 bits per heavy atom. The highest BCUT2D eigenvalue weighted by atomic mass is 19.1. The fraction of sp³-hybridized carbons (Fsp3) is 0.500. The number of hydrogen-bond donors (Lipinski definition) is 1. The smallest absolute Gasteiger partial charge is 0.143 e. The van der Waals surface area contributed by atoms with Crippen LogP contribution in [0.1, 0.15) is 24.6 Å². The van der Waals surface area contributed by atoms with Crippen LogP contribution in [0.4, 0.5) is 8.78 Å². The molecule has 0 saturated carbocycles. The Balaban J connectivity index is 2.19. The molecule has 2 nitrogen and oxygen atoms in total.